The summed E-state index contributed by atoms with van der Waals surface area (Å²) >= 11 is 0. The summed E-state index contributed by atoms with van der Waals surface area (Å²) in [6, 6.07) is 15.8. The molecule has 0 radical (unpaired) electrons. The topological polar surface area (TPSA) is 64.4 Å². The standard InChI is InChI=1S/C26H26N2O3/c1-15-6-9-23(18(4)10-15)30-14-24(29)27-21-13-20(8-7-17(21)3)26-28-22-12-16(2)11-19(5)25(22)31-26/h6-13H,14H2,1-5H3,(H,27,29). The molecule has 0 atom stereocenters. The van der Waals surface area contributed by atoms with Crippen molar-refractivity contribution in [3.63, 3.8) is 0 Å². The van der Waals surface area contributed by atoms with Crippen molar-refractivity contribution in [1.29, 1.82) is 0 Å². The Morgan fingerprint density at radius 3 is 2.45 bits per heavy atom. The molecule has 0 aliphatic rings. The Morgan fingerprint density at radius 1 is 0.903 bits per heavy atom. The van der Waals surface area contributed by atoms with Crippen molar-refractivity contribution in [3.8, 4) is 17.2 Å². The van der Waals surface area contributed by atoms with Crippen molar-refractivity contribution in [2.24, 2.45) is 0 Å². The number of carbonyl (C=O) groups is 1. The Bertz CT molecular complexity index is 1290. The number of benzene rings is 3. The van der Waals surface area contributed by atoms with Gasteiger partial charge in [0.05, 0.1) is 0 Å². The molecule has 4 aromatic rings. The summed E-state index contributed by atoms with van der Waals surface area (Å²) in [5.41, 5.74) is 8.45. The molecule has 31 heavy (non-hydrogen) atoms. The third-order valence-corrected chi connectivity index (χ3v) is 5.27. The lowest BCUT2D eigenvalue weighted by Gasteiger charge is -2.12. The molecule has 0 saturated carbocycles. The molecule has 0 aliphatic carbocycles. The third-order valence-electron chi connectivity index (χ3n) is 5.27. The molecule has 0 spiro atoms. The van der Waals surface area contributed by atoms with E-state index in [1.165, 1.54) is 0 Å². The van der Waals surface area contributed by atoms with Crippen molar-refractivity contribution < 1.29 is 13.9 Å². The van der Waals surface area contributed by atoms with E-state index < -0.39 is 0 Å². The molecule has 1 N–H and O–H groups in total. The number of oxazole rings is 1. The largest absolute Gasteiger partial charge is 0.483 e. The summed E-state index contributed by atoms with van der Waals surface area (Å²) in [6.45, 7) is 9.94. The molecule has 0 bridgehead atoms. The van der Waals surface area contributed by atoms with Crippen LogP contribution in [0.2, 0.25) is 0 Å². The molecule has 1 amide bonds. The number of nitrogens with one attached hydrogen (secondary N) is 1. The van der Waals surface area contributed by atoms with Gasteiger partial charge in [0.15, 0.2) is 12.2 Å². The Hall–Kier alpha value is -3.60. The number of anilines is 1. The monoisotopic (exact) mass is 414 g/mol. The molecule has 158 valence electrons. The van der Waals surface area contributed by atoms with Gasteiger partial charge in [0.1, 0.15) is 11.3 Å². The fourth-order valence-electron chi connectivity index (χ4n) is 3.68. The summed E-state index contributed by atoms with van der Waals surface area (Å²) < 4.78 is 11.7. The summed E-state index contributed by atoms with van der Waals surface area (Å²) in [4.78, 5) is 17.2. The van der Waals surface area contributed by atoms with E-state index in [4.69, 9.17) is 9.15 Å². The first-order chi connectivity index (χ1) is 14.8. The van der Waals surface area contributed by atoms with E-state index >= 15 is 0 Å². The minimum absolute atomic E-state index is 0.0606. The molecule has 3 aromatic carbocycles. The van der Waals surface area contributed by atoms with E-state index in [1.807, 2.05) is 77.1 Å². The number of hydrogen-bond acceptors (Lipinski definition) is 4. The number of hydrogen-bond donors (Lipinski definition) is 1. The Balaban J connectivity index is 1.52. The normalized spacial score (nSPS) is 11.0. The van der Waals surface area contributed by atoms with E-state index in [0.717, 1.165) is 44.5 Å². The second-order valence-corrected chi connectivity index (χ2v) is 8.08. The van der Waals surface area contributed by atoms with Gasteiger partial charge in [-0.1, -0.05) is 29.8 Å². The van der Waals surface area contributed by atoms with Gasteiger partial charge in [-0.2, -0.15) is 0 Å². The van der Waals surface area contributed by atoms with Crippen LogP contribution in [0.3, 0.4) is 0 Å². The highest BCUT2D eigenvalue weighted by Gasteiger charge is 2.14. The minimum atomic E-state index is -0.218. The van der Waals surface area contributed by atoms with Gasteiger partial charge in [0.2, 0.25) is 5.89 Å². The van der Waals surface area contributed by atoms with Crippen LogP contribution in [0, 0.1) is 34.6 Å². The number of fused-ring (bicyclic) bond motifs is 1. The molecule has 5 nitrogen and oxygen atoms in total. The van der Waals surface area contributed by atoms with Crippen molar-refractivity contribution in [2.75, 3.05) is 11.9 Å². The molecule has 0 unspecified atom stereocenters. The van der Waals surface area contributed by atoms with Crippen LogP contribution in [0.25, 0.3) is 22.6 Å². The molecule has 1 aromatic heterocycles. The van der Waals surface area contributed by atoms with Crippen LogP contribution in [0.5, 0.6) is 5.75 Å². The van der Waals surface area contributed by atoms with Gasteiger partial charge < -0.3 is 14.5 Å². The molecule has 1 heterocycles. The van der Waals surface area contributed by atoms with E-state index in [0.29, 0.717) is 17.3 Å². The van der Waals surface area contributed by atoms with Crippen LogP contribution in [0.15, 0.2) is 52.9 Å². The summed E-state index contributed by atoms with van der Waals surface area (Å²) in [5.74, 6) is 1.03. The second-order valence-electron chi connectivity index (χ2n) is 8.08. The highest BCUT2D eigenvalue weighted by atomic mass is 16.5. The molecule has 0 fully saturated rings. The van der Waals surface area contributed by atoms with Crippen molar-refractivity contribution in [3.05, 3.63) is 76.3 Å². The van der Waals surface area contributed by atoms with Crippen LogP contribution in [0.1, 0.15) is 27.8 Å². The van der Waals surface area contributed by atoms with E-state index in [2.05, 4.69) is 16.4 Å². The van der Waals surface area contributed by atoms with Gasteiger partial charge >= 0.3 is 0 Å². The van der Waals surface area contributed by atoms with Gasteiger partial charge in [-0.05, 0) is 81.1 Å². The molecule has 0 aliphatic heterocycles. The molecule has 5 heteroatoms. The lowest BCUT2D eigenvalue weighted by molar-refractivity contribution is -0.118. The first-order valence-corrected chi connectivity index (χ1v) is 10.3. The SMILES string of the molecule is Cc1ccc(OCC(=O)Nc2cc(-c3nc4cc(C)cc(C)c4o3)ccc2C)c(C)c1. The van der Waals surface area contributed by atoms with E-state index in [1.54, 1.807) is 0 Å². The highest BCUT2D eigenvalue weighted by Crippen LogP contribution is 2.30. The van der Waals surface area contributed by atoms with E-state index in [9.17, 15) is 4.79 Å². The highest BCUT2D eigenvalue weighted by molar-refractivity contribution is 5.93. The average Bonchev–Trinajstić information content (AvgIpc) is 3.13. The number of ether oxygens (including phenoxy) is 1. The first kappa shape index (κ1) is 20.7. The zero-order valence-electron chi connectivity index (χ0n) is 18.5. The zero-order chi connectivity index (χ0) is 22.1. The van der Waals surface area contributed by atoms with Crippen LogP contribution in [0.4, 0.5) is 5.69 Å². The predicted octanol–water partition coefficient (Wildman–Crippen LogP) is 6.05. The fraction of sp³-hybridized carbons (Fsp3) is 0.231. The van der Waals surface area contributed by atoms with Crippen LogP contribution < -0.4 is 10.1 Å². The maximum Gasteiger partial charge on any atom is 0.262 e. The van der Waals surface area contributed by atoms with Gasteiger partial charge in [-0.25, -0.2) is 4.98 Å². The van der Waals surface area contributed by atoms with Crippen LogP contribution in [-0.4, -0.2) is 17.5 Å². The maximum absolute atomic E-state index is 12.5. The Morgan fingerprint density at radius 2 is 1.68 bits per heavy atom. The number of aromatic nitrogens is 1. The summed E-state index contributed by atoms with van der Waals surface area (Å²) in [5, 5.41) is 2.94. The maximum atomic E-state index is 12.5. The summed E-state index contributed by atoms with van der Waals surface area (Å²) in [7, 11) is 0. The lowest BCUT2D eigenvalue weighted by Crippen LogP contribution is -2.21. The van der Waals surface area contributed by atoms with Crippen molar-refractivity contribution >= 4 is 22.7 Å². The lowest BCUT2D eigenvalue weighted by atomic mass is 10.1. The van der Waals surface area contributed by atoms with Crippen LogP contribution >= 0.6 is 0 Å². The first-order valence-electron chi connectivity index (χ1n) is 10.3. The van der Waals surface area contributed by atoms with Crippen molar-refractivity contribution in [2.45, 2.75) is 34.6 Å². The Kier molecular flexibility index (Phi) is 5.51. The molecular weight excluding hydrogens is 388 g/mol. The number of aryl methyl sites for hydroxylation is 5. The zero-order valence-corrected chi connectivity index (χ0v) is 18.5. The molecular formula is C26H26N2O3. The van der Waals surface area contributed by atoms with E-state index in [-0.39, 0.29) is 12.5 Å². The number of carbonyl (C=O) groups excluding carboxylic acids is 1. The minimum Gasteiger partial charge on any atom is -0.483 e. The third kappa shape index (κ3) is 4.45. The smallest absolute Gasteiger partial charge is 0.262 e. The van der Waals surface area contributed by atoms with Gasteiger partial charge in [0, 0.05) is 11.3 Å². The van der Waals surface area contributed by atoms with Crippen LogP contribution in [-0.2, 0) is 4.79 Å². The van der Waals surface area contributed by atoms with Gasteiger partial charge in [-0.15, -0.1) is 0 Å². The van der Waals surface area contributed by atoms with Gasteiger partial charge in [-0.3, -0.25) is 4.79 Å². The molecule has 0 saturated heterocycles. The number of rotatable bonds is 5. The second kappa shape index (κ2) is 8.26. The fourth-order valence-corrected chi connectivity index (χ4v) is 3.68. The average molecular weight is 415 g/mol. The van der Waals surface area contributed by atoms with Crippen molar-refractivity contribution in [1.82, 2.24) is 4.98 Å². The Labute approximate surface area is 182 Å². The summed E-state index contributed by atoms with van der Waals surface area (Å²) in [6.07, 6.45) is 0. The number of nitrogens with zero attached hydrogens (tertiary/aromatic N) is 1. The van der Waals surface area contributed by atoms with Gasteiger partial charge in [0.25, 0.3) is 5.91 Å². The quantitative estimate of drug-likeness (QED) is 0.431. The molecule has 4 rings (SSSR count). The predicted molar refractivity (Wildman–Crippen MR) is 124 cm³/mol. The number of amides is 1.